The second kappa shape index (κ2) is 56.7. The quantitative estimate of drug-likeness (QED) is 0.0533. The van der Waals surface area contributed by atoms with Crippen molar-refractivity contribution in [3.8, 4) is 0 Å². The average Bonchev–Trinajstić information content (AvgIpc) is 3.30. The first-order valence-corrected chi connectivity index (χ1v) is 30.2. The molecule has 0 fully saturated rings. The topological polar surface area (TPSA) is 69.6 Å². The van der Waals surface area contributed by atoms with Gasteiger partial charge in [0, 0.05) is 6.42 Å². The summed E-state index contributed by atoms with van der Waals surface area (Å²) >= 11 is 0. The lowest BCUT2D eigenvalue weighted by Gasteiger charge is -2.22. The van der Waals surface area contributed by atoms with Crippen molar-refractivity contribution in [3.05, 3.63) is 0 Å². The number of hydrogen-bond donors (Lipinski definition) is 3. The molecule has 0 saturated carbocycles. The maximum Gasteiger partial charge on any atom is 0.220 e. The minimum atomic E-state index is -0.655. The van der Waals surface area contributed by atoms with Gasteiger partial charge < -0.3 is 15.5 Å². The number of carbonyl (C=O) groups excluding carboxylic acids is 1. The summed E-state index contributed by atoms with van der Waals surface area (Å²) in [5, 5.41) is 23.4. The zero-order chi connectivity index (χ0) is 46.3. The second-order valence-corrected chi connectivity index (χ2v) is 21.1. The molecule has 3 N–H and O–H groups in total. The fraction of sp³-hybridized carbons (Fsp3) is 0.983. The highest BCUT2D eigenvalue weighted by Crippen LogP contribution is 2.19. The van der Waals surface area contributed by atoms with E-state index in [-0.39, 0.29) is 12.5 Å². The lowest BCUT2D eigenvalue weighted by molar-refractivity contribution is -0.123. The first kappa shape index (κ1) is 63.4. The highest BCUT2D eigenvalue weighted by Gasteiger charge is 2.20. The Balaban J connectivity index is 3.38. The van der Waals surface area contributed by atoms with Gasteiger partial charge in [-0.05, 0) is 12.8 Å². The van der Waals surface area contributed by atoms with E-state index in [0.717, 1.165) is 25.7 Å². The van der Waals surface area contributed by atoms with Crippen LogP contribution in [0.3, 0.4) is 0 Å². The minimum absolute atomic E-state index is 0.0209. The molecule has 384 valence electrons. The van der Waals surface area contributed by atoms with Crippen molar-refractivity contribution in [2.24, 2.45) is 0 Å². The fourth-order valence-corrected chi connectivity index (χ4v) is 10.0. The minimum Gasteiger partial charge on any atom is -0.394 e. The summed E-state index contributed by atoms with van der Waals surface area (Å²) in [5.74, 6) is -0.0209. The smallest absolute Gasteiger partial charge is 0.220 e. The van der Waals surface area contributed by atoms with Crippen molar-refractivity contribution in [2.75, 3.05) is 6.61 Å². The molecule has 0 aliphatic carbocycles. The number of aliphatic hydroxyl groups is 2. The van der Waals surface area contributed by atoms with Crippen molar-refractivity contribution in [1.82, 2.24) is 5.32 Å². The number of hydrogen-bond acceptors (Lipinski definition) is 3. The predicted molar refractivity (Wildman–Crippen MR) is 286 cm³/mol. The van der Waals surface area contributed by atoms with E-state index < -0.39 is 12.1 Å². The van der Waals surface area contributed by atoms with Crippen LogP contribution in [0.4, 0.5) is 0 Å². The molecule has 0 bridgehead atoms. The van der Waals surface area contributed by atoms with Gasteiger partial charge >= 0.3 is 0 Å². The van der Waals surface area contributed by atoms with Gasteiger partial charge in [-0.3, -0.25) is 4.79 Å². The molecule has 2 atom stereocenters. The third-order valence-corrected chi connectivity index (χ3v) is 14.6. The van der Waals surface area contributed by atoms with E-state index in [4.69, 9.17) is 0 Å². The van der Waals surface area contributed by atoms with E-state index in [1.54, 1.807) is 0 Å². The molecule has 0 aromatic heterocycles. The molecule has 0 saturated heterocycles. The molecule has 0 aliphatic rings. The second-order valence-electron chi connectivity index (χ2n) is 21.1. The molecule has 0 spiro atoms. The van der Waals surface area contributed by atoms with E-state index in [0.29, 0.717) is 12.8 Å². The van der Waals surface area contributed by atoms with E-state index in [2.05, 4.69) is 19.2 Å². The normalized spacial score (nSPS) is 12.6. The Bertz CT molecular complexity index is 849. The zero-order valence-corrected chi connectivity index (χ0v) is 44.3. The zero-order valence-electron chi connectivity index (χ0n) is 44.3. The summed E-state index contributed by atoms with van der Waals surface area (Å²) in [6.07, 6.45) is 72.6. The van der Waals surface area contributed by atoms with Crippen molar-refractivity contribution in [2.45, 2.75) is 373 Å². The molecule has 1 amide bonds. The maximum atomic E-state index is 12.5. The molecule has 0 aromatic rings. The predicted octanol–water partition coefficient (Wildman–Crippen LogP) is 19.9. The van der Waals surface area contributed by atoms with Gasteiger partial charge in [-0.1, -0.05) is 341 Å². The van der Waals surface area contributed by atoms with Crippen LogP contribution in [0.15, 0.2) is 0 Å². The third-order valence-electron chi connectivity index (χ3n) is 14.6. The van der Waals surface area contributed by atoms with E-state index in [9.17, 15) is 15.0 Å². The van der Waals surface area contributed by atoms with Crippen molar-refractivity contribution < 1.29 is 15.0 Å². The molecule has 0 aliphatic heterocycles. The van der Waals surface area contributed by atoms with Gasteiger partial charge in [0.05, 0.1) is 18.8 Å². The van der Waals surface area contributed by atoms with Gasteiger partial charge in [0.25, 0.3) is 0 Å². The fourth-order valence-electron chi connectivity index (χ4n) is 10.0. The Labute approximate surface area is 404 Å². The van der Waals surface area contributed by atoms with Gasteiger partial charge in [0.15, 0.2) is 0 Å². The summed E-state index contributed by atoms with van der Waals surface area (Å²) < 4.78 is 0. The lowest BCUT2D eigenvalue weighted by atomic mass is 10.0. The van der Waals surface area contributed by atoms with E-state index >= 15 is 0 Å². The van der Waals surface area contributed by atoms with Gasteiger partial charge in [-0.25, -0.2) is 0 Å². The Morgan fingerprint density at radius 2 is 0.500 bits per heavy atom. The van der Waals surface area contributed by atoms with Crippen molar-refractivity contribution >= 4 is 5.91 Å². The maximum absolute atomic E-state index is 12.5. The summed E-state index contributed by atoms with van der Waals surface area (Å²) in [5.41, 5.74) is 0. The van der Waals surface area contributed by atoms with Crippen LogP contribution in [0, 0.1) is 0 Å². The van der Waals surface area contributed by atoms with Gasteiger partial charge in [0.2, 0.25) is 5.91 Å². The number of unbranched alkanes of at least 4 members (excludes halogenated alkanes) is 50. The van der Waals surface area contributed by atoms with Crippen LogP contribution < -0.4 is 5.32 Å². The van der Waals surface area contributed by atoms with Crippen LogP contribution >= 0.6 is 0 Å². The molecule has 0 rings (SSSR count). The summed E-state index contributed by atoms with van der Waals surface area (Å²) in [7, 11) is 0. The highest BCUT2D eigenvalue weighted by molar-refractivity contribution is 5.76. The third kappa shape index (κ3) is 52.4. The van der Waals surface area contributed by atoms with Crippen LogP contribution in [-0.2, 0) is 4.79 Å². The lowest BCUT2D eigenvalue weighted by Crippen LogP contribution is -2.45. The summed E-state index contributed by atoms with van der Waals surface area (Å²) in [4.78, 5) is 12.5. The van der Waals surface area contributed by atoms with E-state index in [1.165, 1.54) is 308 Å². The molecule has 0 radical (unpaired) electrons. The number of amides is 1. The van der Waals surface area contributed by atoms with Gasteiger partial charge in [0.1, 0.15) is 0 Å². The monoisotopic (exact) mass is 904 g/mol. The molecule has 4 heteroatoms. The number of rotatable bonds is 57. The van der Waals surface area contributed by atoms with Crippen LogP contribution in [0.2, 0.25) is 0 Å². The van der Waals surface area contributed by atoms with Crippen molar-refractivity contribution in [1.29, 1.82) is 0 Å². The standard InChI is InChI=1S/C60H121NO3/c1-3-5-7-9-11-13-15-17-19-21-23-25-27-28-29-30-31-32-33-34-36-38-40-42-44-46-48-50-52-54-56-60(64)61-58(57-62)59(63)55-53-51-49-47-45-43-41-39-37-35-26-24-22-20-18-16-14-12-10-8-6-4-2/h58-59,62-63H,3-57H2,1-2H3,(H,61,64). The summed E-state index contributed by atoms with van der Waals surface area (Å²) in [6.45, 7) is 4.41. The van der Waals surface area contributed by atoms with Crippen LogP contribution in [0.5, 0.6) is 0 Å². The Kier molecular flexibility index (Phi) is 56.2. The summed E-state index contributed by atoms with van der Waals surface area (Å²) in [6, 6.07) is -0.532. The molecule has 0 heterocycles. The van der Waals surface area contributed by atoms with Crippen molar-refractivity contribution in [3.63, 3.8) is 0 Å². The van der Waals surface area contributed by atoms with Crippen LogP contribution in [-0.4, -0.2) is 34.9 Å². The molecule has 4 nitrogen and oxygen atoms in total. The first-order valence-electron chi connectivity index (χ1n) is 30.2. The molecule has 0 aromatic carbocycles. The number of aliphatic hydroxyl groups excluding tert-OH is 2. The Morgan fingerprint density at radius 1 is 0.312 bits per heavy atom. The molecular formula is C60H121NO3. The molecule has 2 unspecified atom stereocenters. The van der Waals surface area contributed by atoms with Crippen LogP contribution in [0.25, 0.3) is 0 Å². The number of nitrogens with one attached hydrogen (secondary N) is 1. The number of carbonyl (C=O) groups is 1. The van der Waals surface area contributed by atoms with Gasteiger partial charge in [-0.15, -0.1) is 0 Å². The highest BCUT2D eigenvalue weighted by atomic mass is 16.3. The molecular weight excluding hydrogens is 783 g/mol. The first-order chi connectivity index (χ1) is 31.7. The van der Waals surface area contributed by atoms with E-state index in [1.807, 2.05) is 0 Å². The molecule has 64 heavy (non-hydrogen) atoms. The van der Waals surface area contributed by atoms with Crippen LogP contribution in [0.1, 0.15) is 361 Å². The Hall–Kier alpha value is -0.610. The average molecular weight is 905 g/mol. The largest absolute Gasteiger partial charge is 0.394 e. The SMILES string of the molecule is CCCCCCCCCCCCCCCCCCCCCCCCCCCCCCCCC(=O)NC(CO)C(O)CCCCCCCCCCCCCCCCCCCCCCCC. The Morgan fingerprint density at radius 3 is 0.703 bits per heavy atom. The van der Waals surface area contributed by atoms with Gasteiger partial charge in [-0.2, -0.15) is 0 Å².